The predicted octanol–water partition coefficient (Wildman–Crippen LogP) is 3.87. The number of benzene rings is 2. The van der Waals surface area contributed by atoms with Gasteiger partial charge in [-0.3, -0.25) is 4.79 Å². The molecule has 8 heteroatoms. The lowest BCUT2D eigenvalue weighted by Gasteiger charge is -2.34. The number of amides is 3. The Labute approximate surface area is 185 Å². The summed E-state index contributed by atoms with van der Waals surface area (Å²) in [5.41, 5.74) is 1.46. The third kappa shape index (κ3) is 5.11. The van der Waals surface area contributed by atoms with Gasteiger partial charge < -0.3 is 25.4 Å². The molecule has 1 saturated heterocycles. The van der Waals surface area contributed by atoms with Crippen LogP contribution in [0.1, 0.15) is 18.5 Å². The zero-order chi connectivity index (χ0) is 22.4. The summed E-state index contributed by atoms with van der Waals surface area (Å²) in [6, 6.07) is 11.1. The first kappa shape index (κ1) is 22.1. The average molecular weight is 440 g/mol. The lowest BCUT2D eigenvalue weighted by molar-refractivity contribution is -0.119. The van der Waals surface area contributed by atoms with Crippen molar-refractivity contribution in [2.75, 3.05) is 18.5 Å². The molecule has 0 saturated carbocycles. The number of para-hydroxylation sites is 1. The van der Waals surface area contributed by atoms with Gasteiger partial charge in [0.25, 0.3) is 0 Å². The standard InChI is InChI=1S/C23H22ClN3O4/c1-4-11-31-21-17(24)12-15(13-18(21)30-5-2)20-19(14(3)25-23(29)27-20)22(28)26-16-9-7-6-8-10-16/h1,6-10,12-13,19-20H,3,5,11H2,2H3,(H,26,28)(H2,25,27,29)/t19-,20+/m1/s1. The monoisotopic (exact) mass is 439 g/mol. The molecule has 0 unspecified atom stereocenters. The highest BCUT2D eigenvalue weighted by molar-refractivity contribution is 6.32. The number of ether oxygens (including phenoxy) is 2. The minimum absolute atomic E-state index is 0.0160. The Morgan fingerprint density at radius 1 is 1.29 bits per heavy atom. The predicted molar refractivity (Wildman–Crippen MR) is 119 cm³/mol. The summed E-state index contributed by atoms with van der Waals surface area (Å²) in [7, 11) is 0. The van der Waals surface area contributed by atoms with Crippen molar-refractivity contribution < 1.29 is 19.1 Å². The van der Waals surface area contributed by atoms with Crippen molar-refractivity contribution in [3.63, 3.8) is 0 Å². The third-order valence-corrected chi connectivity index (χ3v) is 4.86. The molecule has 2 atom stereocenters. The van der Waals surface area contributed by atoms with Gasteiger partial charge in [0, 0.05) is 11.4 Å². The van der Waals surface area contributed by atoms with Crippen LogP contribution in [0.3, 0.4) is 0 Å². The highest BCUT2D eigenvalue weighted by Crippen LogP contribution is 2.41. The molecule has 0 aliphatic carbocycles. The van der Waals surface area contributed by atoms with Crippen LogP contribution in [0, 0.1) is 18.3 Å². The average Bonchev–Trinajstić information content (AvgIpc) is 2.73. The fourth-order valence-electron chi connectivity index (χ4n) is 3.30. The SMILES string of the molecule is C#CCOc1c(Cl)cc([C@@H]2NC(=O)NC(=C)[C@H]2C(=O)Nc2ccccc2)cc1OCC. The molecule has 0 aromatic heterocycles. The number of hydrogen-bond donors (Lipinski definition) is 3. The highest BCUT2D eigenvalue weighted by atomic mass is 35.5. The zero-order valence-electron chi connectivity index (χ0n) is 16.9. The molecule has 2 aromatic rings. The molecule has 0 spiro atoms. The first-order valence-corrected chi connectivity index (χ1v) is 9.97. The van der Waals surface area contributed by atoms with E-state index >= 15 is 0 Å². The zero-order valence-corrected chi connectivity index (χ0v) is 17.7. The lowest BCUT2D eigenvalue weighted by Crippen LogP contribution is -2.51. The Hall–Kier alpha value is -3.63. The summed E-state index contributed by atoms with van der Waals surface area (Å²) in [5.74, 6) is 1.90. The van der Waals surface area contributed by atoms with Gasteiger partial charge in [-0.1, -0.05) is 42.3 Å². The second-order valence-electron chi connectivity index (χ2n) is 6.69. The normalized spacial score (nSPS) is 17.7. The molecule has 1 aliphatic rings. The van der Waals surface area contributed by atoms with Crippen molar-refractivity contribution in [3.05, 3.63) is 65.3 Å². The van der Waals surface area contributed by atoms with Crippen LogP contribution in [0.2, 0.25) is 5.02 Å². The van der Waals surface area contributed by atoms with Crippen LogP contribution in [0.5, 0.6) is 11.5 Å². The Morgan fingerprint density at radius 2 is 2.03 bits per heavy atom. The fourth-order valence-corrected chi connectivity index (χ4v) is 3.57. The fraction of sp³-hybridized carbons (Fsp3) is 0.217. The molecule has 160 valence electrons. The van der Waals surface area contributed by atoms with Gasteiger partial charge in [-0.15, -0.1) is 6.42 Å². The van der Waals surface area contributed by atoms with Crippen molar-refractivity contribution in [2.45, 2.75) is 13.0 Å². The number of anilines is 1. The first-order chi connectivity index (χ1) is 14.9. The molecule has 0 bridgehead atoms. The van der Waals surface area contributed by atoms with Gasteiger partial charge in [0.1, 0.15) is 12.5 Å². The maximum absolute atomic E-state index is 13.1. The molecule has 0 radical (unpaired) electrons. The van der Waals surface area contributed by atoms with Crippen molar-refractivity contribution in [1.82, 2.24) is 10.6 Å². The van der Waals surface area contributed by atoms with E-state index in [0.29, 0.717) is 29.4 Å². The summed E-state index contributed by atoms with van der Waals surface area (Å²) in [4.78, 5) is 25.3. The van der Waals surface area contributed by atoms with Crippen LogP contribution in [0.15, 0.2) is 54.7 Å². The van der Waals surface area contributed by atoms with E-state index in [0.717, 1.165) is 0 Å². The lowest BCUT2D eigenvalue weighted by atomic mass is 9.88. The van der Waals surface area contributed by atoms with E-state index in [4.69, 9.17) is 27.5 Å². The Balaban J connectivity index is 1.98. The maximum atomic E-state index is 13.1. The minimum atomic E-state index is -0.805. The van der Waals surface area contributed by atoms with Crippen LogP contribution in [0.25, 0.3) is 0 Å². The smallest absolute Gasteiger partial charge is 0.319 e. The summed E-state index contributed by atoms with van der Waals surface area (Å²) in [6.45, 7) is 6.07. The van der Waals surface area contributed by atoms with Gasteiger partial charge in [-0.25, -0.2) is 4.79 Å². The van der Waals surface area contributed by atoms with Crippen LogP contribution >= 0.6 is 11.6 Å². The van der Waals surface area contributed by atoms with Crippen molar-refractivity contribution in [3.8, 4) is 23.8 Å². The summed E-state index contributed by atoms with van der Waals surface area (Å²) in [5, 5.41) is 8.45. The van der Waals surface area contributed by atoms with Crippen LogP contribution in [-0.2, 0) is 4.79 Å². The molecular weight excluding hydrogens is 418 g/mol. The molecule has 3 N–H and O–H groups in total. The quantitative estimate of drug-likeness (QED) is 0.571. The van der Waals surface area contributed by atoms with Crippen LogP contribution in [-0.4, -0.2) is 25.2 Å². The van der Waals surface area contributed by atoms with Crippen LogP contribution < -0.4 is 25.4 Å². The third-order valence-electron chi connectivity index (χ3n) is 4.58. The van der Waals surface area contributed by atoms with Gasteiger partial charge in [-0.05, 0) is 36.8 Å². The van der Waals surface area contributed by atoms with E-state index in [9.17, 15) is 9.59 Å². The van der Waals surface area contributed by atoms with Gasteiger partial charge in [-0.2, -0.15) is 0 Å². The van der Waals surface area contributed by atoms with Gasteiger partial charge >= 0.3 is 6.03 Å². The molecule has 2 aromatic carbocycles. The Kier molecular flexibility index (Phi) is 7.06. The van der Waals surface area contributed by atoms with Gasteiger partial charge in [0.05, 0.1) is 17.7 Å². The molecule has 1 heterocycles. The number of carbonyl (C=O) groups is 2. The van der Waals surface area contributed by atoms with E-state index in [2.05, 4.69) is 28.4 Å². The van der Waals surface area contributed by atoms with E-state index in [1.165, 1.54) is 0 Å². The van der Waals surface area contributed by atoms with E-state index in [1.807, 2.05) is 25.1 Å². The number of nitrogens with one attached hydrogen (secondary N) is 3. The van der Waals surface area contributed by atoms with Crippen molar-refractivity contribution in [1.29, 1.82) is 0 Å². The number of halogens is 1. The van der Waals surface area contributed by atoms with Gasteiger partial charge in [0.2, 0.25) is 5.91 Å². The number of hydrogen-bond acceptors (Lipinski definition) is 4. The second kappa shape index (κ2) is 9.92. The number of terminal acetylenes is 1. The van der Waals surface area contributed by atoms with Crippen molar-refractivity contribution >= 4 is 29.2 Å². The molecule has 31 heavy (non-hydrogen) atoms. The van der Waals surface area contributed by atoms with E-state index in [-0.39, 0.29) is 23.2 Å². The van der Waals surface area contributed by atoms with Gasteiger partial charge in [0.15, 0.2) is 11.5 Å². The van der Waals surface area contributed by atoms with Crippen molar-refractivity contribution in [2.24, 2.45) is 5.92 Å². The molecule has 1 aliphatic heterocycles. The van der Waals surface area contributed by atoms with Crippen LogP contribution in [0.4, 0.5) is 10.5 Å². The van der Waals surface area contributed by atoms with E-state index < -0.39 is 18.0 Å². The summed E-state index contributed by atoms with van der Waals surface area (Å²) in [6.07, 6.45) is 5.28. The summed E-state index contributed by atoms with van der Waals surface area (Å²) >= 11 is 6.43. The molecular formula is C23H22ClN3O4. The topological polar surface area (TPSA) is 88.7 Å². The minimum Gasteiger partial charge on any atom is -0.490 e. The number of carbonyl (C=O) groups excluding carboxylic acids is 2. The Bertz CT molecular complexity index is 1030. The molecule has 1 fully saturated rings. The number of rotatable bonds is 7. The first-order valence-electron chi connectivity index (χ1n) is 9.59. The molecule has 3 amide bonds. The summed E-state index contributed by atoms with van der Waals surface area (Å²) < 4.78 is 11.2. The largest absolute Gasteiger partial charge is 0.490 e. The Morgan fingerprint density at radius 3 is 2.71 bits per heavy atom. The second-order valence-corrected chi connectivity index (χ2v) is 7.10. The number of urea groups is 1. The molecule has 3 rings (SSSR count). The van der Waals surface area contributed by atoms with E-state index in [1.54, 1.807) is 24.3 Å². The highest BCUT2D eigenvalue weighted by Gasteiger charge is 2.38. The maximum Gasteiger partial charge on any atom is 0.319 e. The molecule has 7 nitrogen and oxygen atoms in total.